The number of hydrogen-bond donors (Lipinski definition) is 1. The molecule has 0 spiro atoms. The average molecular weight is 378 g/mol. The van der Waals surface area contributed by atoms with Gasteiger partial charge in [-0.05, 0) is 23.6 Å². The number of hydrogen-bond acceptors (Lipinski definition) is 5. The number of sulfonamides is 1. The molecule has 1 aromatic carbocycles. The van der Waals surface area contributed by atoms with Crippen LogP contribution in [0.4, 0.5) is 0 Å². The second-order valence-corrected chi connectivity index (χ2v) is 8.97. The van der Waals surface area contributed by atoms with E-state index in [0.29, 0.717) is 0 Å². The quantitative estimate of drug-likeness (QED) is 0.604. The van der Waals surface area contributed by atoms with Gasteiger partial charge in [-0.15, -0.1) is 0 Å². The topological polar surface area (TPSA) is 89.7 Å². The van der Waals surface area contributed by atoms with Crippen LogP contribution in [0.3, 0.4) is 0 Å². The molecule has 26 heavy (non-hydrogen) atoms. The molecule has 142 valence electrons. The predicted molar refractivity (Wildman–Crippen MR) is 102 cm³/mol. The smallest absolute Gasteiger partial charge is 0.324 e. The number of benzene rings is 1. The molecular weight excluding hydrogens is 352 g/mol. The Morgan fingerprint density at radius 1 is 1.19 bits per heavy atom. The fourth-order valence-electron chi connectivity index (χ4n) is 3.06. The number of carbonyl (C=O) groups is 1. The van der Waals surface area contributed by atoms with Crippen molar-refractivity contribution in [2.75, 3.05) is 14.2 Å². The zero-order chi connectivity index (χ0) is 19.5. The molecule has 0 bridgehead atoms. The third kappa shape index (κ3) is 3.75. The van der Waals surface area contributed by atoms with Gasteiger partial charge in [0.25, 0.3) is 0 Å². The van der Waals surface area contributed by atoms with E-state index in [1.807, 2.05) is 30.3 Å². The number of nitrogens with zero attached hydrogens (tertiary/aromatic N) is 1. The van der Waals surface area contributed by atoms with Crippen LogP contribution < -0.4 is 5.73 Å². The second kappa shape index (κ2) is 7.73. The van der Waals surface area contributed by atoms with Crippen molar-refractivity contribution in [2.24, 2.45) is 11.7 Å². The minimum atomic E-state index is -4.03. The van der Waals surface area contributed by atoms with Gasteiger partial charge >= 0.3 is 5.97 Å². The molecule has 0 saturated carbocycles. The van der Waals surface area contributed by atoms with Gasteiger partial charge in [0.15, 0.2) is 4.87 Å². The van der Waals surface area contributed by atoms with Crippen molar-refractivity contribution < 1.29 is 17.9 Å². The van der Waals surface area contributed by atoms with Crippen LogP contribution in [0, 0.1) is 5.92 Å². The highest BCUT2D eigenvalue weighted by atomic mass is 32.2. The number of likely N-dealkylation sites (N-methyl/N-ethyl adjacent to an activating group) is 1. The molecule has 2 N–H and O–H groups in total. The van der Waals surface area contributed by atoms with Gasteiger partial charge in [-0.25, -0.2) is 8.42 Å². The van der Waals surface area contributed by atoms with E-state index in [1.54, 1.807) is 26.0 Å². The van der Waals surface area contributed by atoms with E-state index in [-0.39, 0.29) is 11.8 Å². The van der Waals surface area contributed by atoms with Gasteiger partial charge < -0.3 is 10.5 Å². The van der Waals surface area contributed by atoms with Crippen molar-refractivity contribution in [2.45, 2.75) is 30.7 Å². The lowest BCUT2D eigenvalue weighted by Crippen LogP contribution is -2.57. The Morgan fingerprint density at radius 3 is 2.19 bits per heavy atom. The first-order valence-corrected chi connectivity index (χ1v) is 9.86. The number of methoxy groups -OCH3 is 1. The minimum absolute atomic E-state index is 0.0464. The predicted octanol–water partition coefficient (Wildman–Crippen LogP) is 2.01. The molecular formula is C19H26N2O4S. The Balaban J connectivity index is 2.31. The fourth-order valence-corrected chi connectivity index (χ4v) is 4.69. The number of ether oxygens (including phenoxy) is 1. The average Bonchev–Trinajstić information content (AvgIpc) is 2.62. The third-order valence-electron chi connectivity index (χ3n) is 4.60. The molecule has 0 aromatic heterocycles. The summed E-state index contributed by atoms with van der Waals surface area (Å²) in [5.41, 5.74) is 7.25. The van der Waals surface area contributed by atoms with E-state index in [4.69, 9.17) is 10.5 Å². The first-order chi connectivity index (χ1) is 12.1. The van der Waals surface area contributed by atoms with Crippen LogP contribution in [0.15, 0.2) is 54.6 Å². The van der Waals surface area contributed by atoms with E-state index in [2.05, 4.69) is 0 Å². The summed E-state index contributed by atoms with van der Waals surface area (Å²) >= 11 is 0. The molecule has 0 heterocycles. The molecule has 1 aliphatic carbocycles. The number of carbonyl (C=O) groups excluding carboxylic acids is 1. The Bertz CT molecular complexity index is 786. The maximum Gasteiger partial charge on any atom is 0.324 e. The van der Waals surface area contributed by atoms with E-state index >= 15 is 0 Å². The van der Waals surface area contributed by atoms with Crippen LogP contribution in [0.25, 0.3) is 0 Å². The van der Waals surface area contributed by atoms with Crippen LogP contribution in [0.2, 0.25) is 0 Å². The highest BCUT2D eigenvalue weighted by Crippen LogP contribution is 2.31. The number of esters is 1. The SMILES string of the molecule is COC(=O)C(C(C)C)N(C)S(=O)(=O)C1(N)C=CC(c2ccccc2)C=C1. The maximum absolute atomic E-state index is 13.1. The standard InChI is InChI=1S/C19H26N2O4S/c1-14(2)17(18(22)25-4)21(3)26(23,24)19(20)12-10-16(11-13-19)15-8-6-5-7-9-15/h5-14,16-17H,20H2,1-4H3. The van der Waals surface area contributed by atoms with Crippen molar-refractivity contribution in [1.29, 1.82) is 0 Å². The number of rotatable bonds is 6. The summed E-state index contributed by atoms with van der Waals surface area (Å²) in [5.74, 6) is -0.921. The Kier molecular flexibility index (Phi) is 6.05. The lowest BCUT2D eigenvalue weighted by atomic mass is 9.93. The first kappa shape index (κ1) is 20.4. The maximum atomic E-state index is 13.1. The van der Waals surface area contributed by atoms with Crippen LogP contribution in [0.1, 0.15) is 25.3 Å². The minimum Gasteiger partial charge on any atom is -0.468 e. The molecule has 6 nitrogen and oxygen atoms in total. The molecule has 2 rings (SSSR count). The van der Waals surface area contributed by atoms with Gasteiger partial charge in [-0.3, -0.25) is 4.79 Å². The summed E-state index contributed by atoms with van der Waals surface area (Å²) in [6.07, 6.45) is 6.49. The normalized spacial score (nSPS) is 24.0. The lowest BCUT2D eigenvalue weighted by molar-refractivity contribution is -0.146. The fraction of sp³-hybridized carbons (Fsp3) is 0.421. The molecule has 1 atom stereocenters. The Labute approximate surface area is 155 Å². The van der Waals surface area contributed by atoms with Gasteiger partial charge in [-0.1, -0.05) is 56.3 Å². The Hall–Kier alpha value is -1.96. The summed E-state index contributed by atoms with van der Waals surface area (Å²) in [4.78, 5) is 10.3. The molecule has 0 fully saturated rings. The van der Waals surface area contributed by atoms with Crippen molar-refractivity contribution in [1.82, 2.24) is 4.31 Å². The van der Waals surface area contributed by atoms with Gasteiger partial charge in [-0.2, -0.15) is 4.31 Å². The van der Waals surface area contributed by atoms with Crippen molar-refractivity contribution in [3.8, 4) is 0 Å². The third-order valence-corrected chi connectivity index (χ3v) is 6.76. The van der Waals surface area contributed by atoms with Crippen LogP contribution in [0.5, 0.6) is 0 Å². The van der Waals surface area contributed by atoms with Crippen LogP contribution in [-0.2, 0) is 19.6 Å². The zero-order valence-corrected chi connectivity index (χ0v) is 16.3. The number of allylic oxidation sites excluding steroid dienone is 2. The summed E-state index contributed by atoms with van der Waals surface area (Å²) in [6, 6.07) is 8.76. The van der Waals surface area contributed by atoms with E-state index in [0.717, 1.165) is 9.87 Å². The van der Waals surface area contributed by atoms with Gasteiger partial charge in [0, 0.05) is 13.0 Å². The molecule has 1 aromatic rings. The van der Waals surface area contributed by atoms with E-state index < -0.39 is 26.9 Å². The summed E-state index contributed by atoms with van der Waals surface area (Å²) in [5, 5.41) is 0. The highest BCUT2D eigenvalue weighted by Gasteiger charge is 2.45. The van der Waals surface area contributed by atoms with Crippen molar-refractivity contribution in [3.05, 3.63) is 60.2 Å². The molecule has 0 aliphatic heterocycles. The highest BCUT2D eigenvalue weighted by molar-refractivity contribution is 7.90. The molecule has 7 heteroatoms. The van der Waals surface area contributed by atoms with Gasteiger partial charge in [0.05, 0.1) is 7.11 Å². The molecule has 0 radical (unpaired) electrons. The summed E-state index contributed by atoms with van der Waals surface area (Å²) in [7, 11) is -1.43. The molecule has 1 aliphatic rings. The van der Waals surface area contributed by atoms with Crippen molar-refractivity contribution >= 4 is 16.0 Å². The second-order valence-electron chi connectivity index (χ2n) is 6.74. The van der Waals surface area contributed by atoms with Crippen LogP contribution >= 0.6 is 0 Å². The Morgan fingerprint density at radius 2 is 1.73 bits per heavy atom. The summed E-state index contributed by atoms with van der Waals surface area (Å²) < 4.78 is 32.0. The first-order valence-electron chi connectivity index (χ1n) is 8.42. The molecule has 0 amide bonds. The van der Waals surface area contributed by atoms with Gasteiger partial charge in [0.2, 0.25) is 10.0 Å². The van der Waals surface area contributed by atoms with E-state index in [9.17, 15) is 13.2 Å². The van der Waals surface area contributed by atoms with Crippen molar-refractivity contribution in [3.63, 3.8) is 0 Å². The van der Waals surface area contributed by atoms with Crippen LogP contribution in [-0.4, -0.2) is 43.8 Å². The number of nitrogens with two attached hydrogens (primary N) is 1. The largest absolute Gasteiger partial charge is 0.468 e. The zero-order valence-electron chi connectivity index (χ0n) is 15.5. The molecule has 0 saturated heterocycles. The monoisotopic (exact) mass is 378 g/mol. The molecule has 1 unspecified atom stereocenters. The van der Waals surface area contributed by atoms with E-state index in [1.165, 1.54) is 26.3 Å². The summed E-state index contributed by atoms with van der Waals surface area (Å²) in [6.45, 7) is 3.52. The van der Waals surface area contributed by atoms with Gasteiger partial charge in [0.1, 0.15) is 6.04 Å². The lowest BCUT2D eigenvalue weighted by Gasteiger charge is -2.35.